The van der Waals surface area contributed by atoms with Gasteiger partial charge in [-0.2, -0.15) is 0 Å². The molecule has 24 heavy (non-hydrogen) atoms. The van der Waals surface area contributed by atoms with Crippen molar-refractivity contribution in [1.29, 1.82) is 0 Å². The second-order valence-electron chi connectivity index (χ2n) is 5.70. The van der Waals surface area contributed by atoms with Gasteiger partial charge < -0.3 is 16.0 Å². The van der Waals surface area contributed by atoms with Crippen LogP contribution in [0.4, 0.5) is 23.0 Å². The molecule has 0 bridgehead atoms. The van der Waals surface area contributed by atoms with Gasteiger partial charge in [-0.25, -0.2) is 9.97 Å². The number of carbonyl (C=O) groups excluding carboxylic acids is 1. The van der Waals surface area contributed by atoms with Gasteiger partial charge in [0.2, 0.25) is 5.91 Å². The molecular formula is C18H25N5O. The SMILES string of the molecule is CCCCCNc1cc(Nc2ccc(NC(C)=O)cc2)nc(C)n1. The largest absolute Gasteiger partial charge is 0.370 e. The van der Waals surface area contributed by atoms with Crippen LogP contribution in [0, 0.1) is 6.92 Å². The summed E-state index contributed by atoms with van der Waals surface area (Å²) in [5.41, 5.74) is 1.67. The maximum atomic E-state index is 11.0. The Bertz CT molecular complexity index is 670. The molecule has 2 rings (SSSR count). The molecule has 1 heterocycles. The summed E-state index contributed by atoms with van der Waals surface area (Å²) < 4.78 is 0. The average molecular weight is 327 g/mol. The Balaban J connectivity index is 2.00. The molecule has 0 saturated carbocycles. The lowest BCUT2D eigenvalue weighted by atomic mass is 10.2. The van der Waals surface area contributed by atoms with Crippen LogP contribution in [0.15, 0.2) is 30.3 Å². The van der Waals surface area contributed by atoms with Crippen LogP contribution in [-0.4, -0.2) is 22.4 Å². The van der Waals surface area contributed by atoms with Crippen molar-refractivity contribution < 1.29 is 4.79 Å². The first-order valence-electron chi connectivity index (χ1n) is 8.31. The minimum Gasteiger partial charge on any atom is -0.370 e. The highest BCUT2D eigenvalue weighted by Gasteiger charge is 2.03. The predicted molar refractivity (Wildman–Crippen MR) is 98.8 cm³/mol. The number of anilines is 4. The predicted octanol–water partition coefficient (Wildman–Crippen LogP) is 4.09. The molecule has 128 valence electrons. The van der Waals surface area contributed by atoms with E-state index < -0.39 is 0 Å². The molecule has 6 heteroatoms. The lowest BCUT2D eigenvalue weighted by Crippen LogP contribution is -2.07. The Morgan fingerprint density at radius 2 is 1.71 bits per heavy atom. The zero-order chi connectivity index (χ0) is 17.4. The number of benzene rings is 1. The monoisotopic (exact) mass is 327 g/mol. The number of nitrogens with one attached hydrogen (secondary N) is 3. The molecular weight excluding hydrogens is 302 g/mol. The quantitative estimate of drug-likeness (QED) is 0.636. The Morgan fingerprint density at radius 3 is 2.38 bits per heavy atom. The summed E-state index contributed by atoms with van der Waals surface area (Å²) in [7, 11) is 0. The smallest absolute Gasteiger partial charge is 0.221 e. The van der Waals surface area contributed by atoms with Crippen LogP contribution in [0.2, 0.25) is 0 Å². The van der Waals surface area contributed by atoms with Crippen molar-refractivity contribution in [1.82, 2.24) is 9.97 Å². The standard InChI is InChI=1S/C18H25N5O/c1-4-5-6-11-19-17-12-18(21-13(2)20-17)23-16-9-7-15(8-10-16)22-14(3)24/h7-10,12H,4-6,11H2,1-3H3,(H,22,24)(H2,19,20,21,23). The van der Waals surface area contributed by atoms with Gasteiger partial charge in [-0.05, 0) is 37.6 Å². The van der Waals surface area contributed by atoms with Gasteiger partial charge in [0.1, 0.15) is 17.5 Å². The molecule has 0 unspecified atom stereocenters. The van der Waals surface area contributed by atoms with Crippen molar-refractivity contribution in [3.05, 3.63) is 36.2 Å². The minimum absolute atomic E-state index is 0.0825. The van der Waals surface area contributed by atoms with E-state index in [1.807, 2.05) is 37.3 Å². The summed E-state index contributed by atoms with van der Waals surface area (Å²) in [5, 5.41) is 9.35. The van der Waals surface area contributed by atoms with Gasteiger partial charge in [-0.1, -0.05) is 19.8 Å². The zero-order valence-corrected chi connectivity index (χ0v) is 14.5. The van der Waals surface area contributed by atoms with Crippen LogP contribution < -0.4 is 16.0 Å². The Hall–Kier alpha value is -2.63. The number of aromatic nitrogens is 2. The van der Waals surface area contributed by atoms with E-state index in [4.69, 9.17) is 0 Å². The van der Waals surface area contributed by atoms with E-state index in [9.17, 15) is 4.79 Å². The summed E-state index contributed by atoms with van der Waals surface area (Å²) >= 11 is 0. The number of amides is 1. The minimum atomic E-state index is -0.0825. The van der Waals surface area contributed by atoms with Gasteiger partial charge in [0.25, 0.3) is 0 Å². The second kappa shape index (κ2) is 8.86. The van der Waals surface area contributed by atoms with E-state index in [1.165, 1.54) is 19.8 Å². The van der Waals surface area contributed by atoms with E-state index in [0.29, 0.717) is 5.82 Å². The molecule has 0 atom stereocenters. The van der Waals surface area contributed by atoms with Gasteiger partial charge in [0, 0.05) is 30.9 Å². The van der Waals surface area contributed by atoms with Crippen LogP contribution in [-0.2, 0) is 4.79 Å². The van der Waals surface area contributed by atoms with Gasteiger partial charge >= 0.3 is 0 Å². The number of aryl methyl sites for hydroxylation is 1. The van der Waals surface area contributed by atoms with Crippen molar-refractivity contribution in [3.8, 4) is 0 Å². The van der Waals surface area contributed by atoms with E-state index in [1.54, 1.807) is 0 Å². The highest BCUT2D eigenvalue weighted by Crippen LogP contribution is 2.19. The third-order valence-corrected chi connectivity index (χ3v) is 3.40. The molecule has 1 aromatic carbocycles. The van der Waals surface area contributed by atoms with Gasteiger partial charge in [-0.15, -0.1) is 0 Å². The van der Waals surface area contributed by atoms with Crippen molar-refractivity contribution in [2.45, 2.75) is 40.0 Å². The molecule has 0 spiro atoms. The van der Waals surface area contributed by atoms with Gasteiger partial charge in [-0.3, -0.25) is 4.79 Å². The van der Waals surface area contributed by atoms with Crippen LogP contribution in [0.25, 0.3) is 0 Å². The zero-order valence-electron chi connectivity index (χ0n) is 14.5. The normalized spacial score (nSPS) is 10.3. The molecule has 0 saturated heterocycles. The molecule has 3 N–H and O–H groups in total. The average Bonchev–Trinajstić information content (AvgIpc) is 2.52. The fourth-order valence-corrected chi connectivity index (χ4v) is 2.30. The van der Waals surface area contributed by atoms with Crippen molar-refractivity contribution >= 4 is 28.9 Å². The molecule has 0 aliphatic heterocycles. The van der Waals surface area contributed by atoms with Crippen LogP contribution in [0.1, 0.15) is 38.9 Å². The second-order valence-corrected chi connectivity index (χ2v) is 5.70. The summed E-state index contributed by atoms with van der Waals surface area (Å²) in [5.74, 6) is 2.21. The Kier molecular flexibility index (Phi) is 6.54. The molecule has 0 radical (unpaired) electrons. The third kappa shape index (κ3) is 5.87. The van der Waals surface area contributed by atoms with E-state index >= 15 is 0 Å². The topological polar surface area (TPSA) is 78.9 Å². The van der Waals surface area contributed by atoms with E-state index in [0.717, 1.165) is 36.0 Å². The van der Waals surface area contributed by atoms with Gasteiger partial charge in [0.05, 0.1) is 0 Å². The van der Waals surface area contributed by atoms with Crippen LogP contribution >= 0.6 is 0 Å². The number of hydrogen-bond acceptors (Lipinski definition) is 5. The Labute approximate surface area is 143 Å². The maximum Gasteiger partial charge on any atom is 0.221 e. The van der Waals surface area contributed by atoms with Crippen molar-refractivity contribution in [3.63, 3.8) is 0 Å². The Morgan fingerprint density at radius 1 is 1.04 bits per heavy atom. The molecule has 1 amide bonds. The maximum absolute atomic E-state index is 11.0. The van der Waals surface area contributed by atoms with E-state index in [2.05, 4.69) is 32.8 Å². The van der Waals surface area contributed by atoms with Crippen molar-refractivity contribution in [2.24, 2.45) is 0 Å². The number of hydrogen-bond donors (Lipinski definition) is 3. The third-order valence-electron chi connectivity index (χ3n) is 3.40. The van der Waals surface area contributed by atoms with Crippen molar-refractivity contribution in [2.75, 3.05) is 22.5 Å². The van der Waals surface area contributed by atoms with Crippen LogP contribution in [0.3, 0.4) is 0 Å². The fourth-order valence-electron chi connectivity index (χ4n) is 2.30. The molecule has 6 nitrogen and oxygen atoms in total. The summed E-state index contributed by atoms with van der Waals surface area (Å²) in [6.45, 7) is 6.47. The summed E-state index contributed by atoms with van der Waals surface area (Å²) in [6, 6.07) is 9.40. The van der Waals surface area contributed by atoms with E-state index in [-0.39, 0.29) is 5.91 Å². The van der Waals surface area contributed by atoms with Gasteiger partial charge in [0.15, 0.2) is 0 Å². The summed E-state index contributed by atoms with van der Waals surface area (Å²) in [6.07, 6.45) is 3.54. The fraction of sp³-hybridized carbons (Fsp3) is 0.389. The molecule has 0 aliphatic carbocycles. The first-order valence-corrected chi connectivity index (χ1v) is 8.31. The highest BCUT2D eigenvalue weighted by atomic mass is 16.1. The lowest BCUT2D eigenvalue weighted by Gasteiger charge is -2.11. The molecule has 0 aliphatic rings. The summed E-state index contributed by atoms with van der Waals surface area (Å²) in [4.78, 5) is 19.9. The molecule has 0 fully saturated rings. The number of carbonyl (C=O) groups is 1. The molecule has 2 aromatic rings. The first-order chi connectivity index (χ1) is 11.6. The number of rotatable bonds is 8. The number of unbranched alkanes of at least 4 members (excludes halogenated alkanes) is 2. The first kappa shape index (κ1) is 17.7. The lowest BCUT2D eigenvalue weighted by molar-refractivity contribution is -0.114. The number of nitrogens with zero attached hydrogens (tertiary/aromatic N) is 2. The molecule has 1 aromatic heterocycles. The van der Waals surface area contributed by atoms with Crippen LogP contribution in [0.5, 0.6) is 0 Å². The highest BCUT2D eigenvalue weighted by molar-refractivity contribution is 5.88.